The van der Waals surface area contributed by atoms with Gasteiger partial charge in [0.2, 0.25) is 17.5 Å². The molecule has 0 atom stereocenters. The number of carbonyl (C=O) groups excluding carboxylic acids is 2. The number of hydrogen-bond acceptors (Lipinski definition) is 7. The van der Waals surface area contributed by atoms with Crippen LogP contribution in [0.25, 0.3) is 11.4 Å². The lowest BCUT2D eigenvalue weighted by Crippen LogP contribution is -2.13. The number of hydrogen-bond donors (Lipinski definition) is 0. The summed E-state index contributed by atoms with van der Waals surface area (Å²) in [5, 5.41) is 4.49. The molecule has 0 aliphatic rings. The molecule has 2 heterocycles. The standard InChI is InChI=1S/C18H15ClN2O4S/c1-11-2-7-15(26-11)14(22)10-24-17(23)9-8-16-20-18(21-25-16)12-3-5-13(19)6-4-12/h2-7H,8-10H2,1H3. The van der Waals surface area contributed by atoms with E-state index in [0.717, 1.165) is 10.4 Å². The van der Waals surface area contributed by atoms with E-state index in [4.69, 9.17) is 20.9 Å². The third-order valence-electron chi connectivity index (χ3n) is 3.49. The predicted octanol–water partition coefficient (Wildman–Crippen LogP) is 4.12. The number of nitrogens with zero attached hydrogens (tertiary/aromatic N) is 2. The highest BCUT2D eigenvalue weighted by molar-refractivity contribution is 7.14. The molecule has 0 fully saturated rings. The van der Waals surface area contributed by atoms with E-state index in [1.807, 2.05) is 13.0 Å². The molecule has 0 aliphatic heterocycles. The van der Waals surface area contributed by atoms with E-state index in [0.29, 0.717) is 21.6 Å². The summed E-state index contributed by atoms with van der Waals surface area (Å²) >= 11 is 7.22. The van der Waals surface area contributed by atoms with Crippen molar-refractivity contribution in [2.75, 3.05) is 6.61 Å². The highest BCUT2D eigenvalue weighted by Crippen LogP contribution is 2.19. The van der Waals surface area contributed by atoms with Crippen LogP contribution >= 0.6 is 22.9 Å². The molecule has 0 saturated heterocycles. The highest BCUT2D eigenvalue weighted by atomic mass is 35.5. The number of benzene rings is 1. The lowest BCUT2D eigenvalue weighted by atomic mass is 10.2. The first kappa shape index (κ1) is 18.3. The smallest absolute Gasteiger partial charge is 0.306 e. The van der Waals surface area contributed by atoms with Gasteiger partial charge in [0.25, 0.3) is 0 Å². The maximum Gasteiger partial charge on any atom is 0.306 e. The molecule has 26 heavy (non-hydrogen) atoms. The number of aromatic nitrogens is 2. The third-order valence-corrected chi connectivity index (χ3v) is 4.79. The van der Waals surface area contributed by atoms with Gasteiger partial charge in [0.05, 0.1) is 11.3 Å². The fourth-order valence-corrected chi connectivity index (χ4v) is 3.07. The van der Waals surface area contributed by atoms with Crippen molar-refractivity contribution >= 4 is 34.7 Å². The van der Waals surface area contributed by atoms with Crippen LogP contribution in [0.15, 0.2) is 40.9 Å². The van der Waals surface area contributed by atoms with Crippen LogP contribution in [0.1, 0.15) is 26.9 Å². The molecule has 6 nitrogen and oxygen atoms in total. The molecule has 1 aromatic carbocycles. The molecule has 2 aromatic heterocycles. The van der Waals surface area contributed by atoms with Crippen molar-refractivity contribution in [1.82, 2.24) is 10.1 Å². The molecule has 0 radical (unpaired) electrons. The zero-order valence-electron chi connectivity index (χ0n) is 13.9. The molecule has 8 heteroatoms. The number of carbonyl (C=O) groups is 2. The fraction of sp³-hybridized carbons (Fsp3) is 0.222. The molecular formula is C18H15ClN2O4S. The van der Waals surface area contributed by atoms with Crippen LogP contribution in [0.5, 0.6) is 0 Å². The van der Waals surface area contributed by atoms with Crippen molar-refractivity contribution < 1.29 is 18.8 Å². The number of ether oxygens (including phenoxy) is 1. The monoisotopic (exact) mass is 390 g/mol. The molecule has 0 saturated carbocycles. The van der Waals surface area contributed by atoms with Gasteiger partial charge in [-0.1, -0.05) is 16.8 Å². The molecule has 3 aromatic rings. The van der Waals surface area contributed by atoms with E-state index in [1.54, 1.807) is 30.3 Å². The zero-order chi connectivity index (χ0) is 18.5. The Bertz CT molecular complexity index is 917. The van der Waals surface area contributed by atoms with Crippen LogP contribution in [0.4, 0.5) is 0 Å². The minimum Gasteiger partial charge on any atom is -0.457 e. The Morgan fingerprint density at radius 3 is 2.65 bits per heavy atom. The van der Waals surface area contributed by atoms with E-state index in [2.05, 4.69) is 10.1 Å². The summed E-state index contributed by atoms with van der Waals surface area (Å²) in [6.45, 7) is 1.65. The highest BCUT2D eigenvalue weighted by Gasteiger charge is 2.14. The van der Waals surface area contributed by atoms with Crippen molar-refractivity contribution in [3.8, 4) is 11.4 Å². The molecule has 0 aliphatic carbocycles. The van der Waals surface area contributed by atoms with Crippen molar-refractivity contribution in [2.24, 2.45) is 0 Å². The number of aryl methyl sites for hydroxylation is 2. The van der Waals surface area contributed by atoms with Gasteiger partial charge in [-0.25, -0.2) is 0 Å². The largest absolute Gasteiger partial charge is 0.457 e. The Kier molecular flexibility index (Phi) is 5.80. The molecule has 0 amide bonds. The normalized spacial score (nSPS) is 10.7. The van der Waals surface area contributed by atoms with Crippen LogP contribution in [0.2, 0.25) is 5.02 Å². The van der Waals surface area contributed by atoms with Crippen LogP contribution in [-0.2, 0) is 16.0 Å². The maximum absolute atomic E-state index is 11.9. The summed E-state index contributed by atoms with van der Waals surface area (Å²) in [5.41, 5.74) is 0.767. The number of halogens is 1. The zero-order valence-corrected chi connectivity index (χ0v) is 15.5. The molecule has 0 unspecified atom stereocenters. The maximum atomic E-state index is 11.9. The van der Waals surface area contributed by atoms with Crippen LogP contribution in [-0.4, -0.2) is 28.5 Å². The molecule has 134 valence electrons. The Hall–Kier alpha value is -2.51. The number of rotatable bonds is 7. The number of Topliss-reactive ketones (excluding diaryl/α,β-unsaturated/α-hetero) is 1. The van der Waals surface area contributed by atoms with Gasteiger partial charge < -0.3 is 9.26 Å². The van der Waals surface area contributed by atoms with E-state index < -0.39 is 5.97 Å². The van der Waals surface area contributed by atoms with Gasteiger partial charge in [0.1, 0.15) is 0 Å². The van der Waals surface area contributed by atoms with Crippen LogP contribution in [0, 0.1) is 6.92 Å². The predicted molar refractivity (Wildman–Crippen MR) is 97.4 cm³/mol. The number of ketones is 1. The summed E-state index contributed by atoms with van der Waals surface area (Å²) in [5.74, 6) is 0.0533. The van der Waals surface area contributed by atoms with Crippen LogP contribution in [0.3, 0.4) is 0 Å². The number of esters is 1. The Labute approximate surface area is 158 Å². The SMILES string of the molecule is Cc1ccc(C(=O)COC(=O)CCc2nc(-c3ccc(Cl)cc3)no2)s1. The lowest BCUT2D eigenvalue weighted by molar-refractivity contribution is -0.142. The molecule has 0 spiro atoms. The summed E-state index contributed by atoms with van der Waals surface area (Å²) in [7, 11) is 0. The molecule has 3 rings (SSSR count). The minimum atomic E-state index is -0.488. The summed E-state index contributed by atoms with van der Waals surface area (Å²) < 4.78 is 10.1. The lowest BCUT2D eigenvalue weighted by Gasteiger charge is -2.01. The minimum absolute atomic E-state index is 0.0546. The first-order chi connectivity index (χ1) is 12.5. The van der Waals surface area contributed by atoms with Gasteiger partial charge in [0.15, 0.2) is 6.61 Å². The van der Waals surface area contributed by atoms with E-state index in [1.165, 1.54) is 11.3 Å². The van der Waals surface area contributed by atoms with E-state index in [-0.39, 0.29) is 25.2 Å². The van der Waals surface area contributed by atoms with Crippen molar-refractivity contribution in [1.29, 1.82) is 0 Å². The van der Waals surface area contributed by atoms with Gasteiger partial charge in [-0.15, -0.1) is 11.3 Å². The molecule has 0 bridgehead atoms. The topological polar surface area (TPSA) is 82.3 Å². The van der Waals surface area contributed by atoms with Crippen molar-refractivity contribution in [3.05, 3.63) is 57.1 Å². The first-order valence-electron chi connectivity index (χ1n) is 7.85. The Balaban J connectivity index is 1.47. The average Bonchev–Trinajstić information content (AvgIpc) is 3.27. The van der Waals surface area contributed by atoms with Crippen LogP contribution < -0.4 is 0 Å². The average molecular weight is 391 g/mol. The third kappa shape index (κ3) is 4.77. The molecule has 0 N–H and O–H groups in total. The van der Waals surface area contributed by atoms with E-state index >= 15 is 0 Å². The van der Waals surface area contributed by atoms with Crippen molar-refractivity contribution in [2.45, 2.75) is 19.8 Å². The summed E-state index contributed by atoms with van der Waals surface area (Å²) in [4.78, 5) is 29.6. The van der Waals surface area contributed by atoms with Gasteiger partial charge in [-0.2, -0.15) is 4.98 Å². The summed E-state index contributed by atoms with van der Waals surface area (Å²) in [6.07, 6.45) is 0.296. The molecular weight excluding hydrogens is 376 g/mol. The van der Waals surface area contributed by atoms with Crippen molar-refractivity contribution in [3.63, 3.8) is 0 Å². The summed E-state index contributed by atoms with van der Waals surface area (Å²) in [6, 6.07) is 10.6. The second kappa shape index (κ2) is 8.25. The fourth-order valence-electron chi connectivity index (χ4n) is 2.16. The second-order valence-electron chi connectivity index (χ2n) is 5.51. The quantitative estimate of drug-likeness (QED) is 0.446. The first-order valence-corrected chi connectivity index (χ1v) is 9.04. The van der Waals surface area contributed by atoms with E-state index in [9.17, 15) is 9.59 Å². The van der Waals surface area contributed by atoms with Gasteiger partial charge in [-0.3, -0.25) is 9.59 Å². The van der Waals surface area contributed by atoms with Gasteiger partial charge in [-0.05, 0) is 43.3 Å². The Morgan fingerprint density at radius 2 is 1.96 bits per heavy atom. The number of thiophene rings is 1. The van der Waals surface area contributed by atoms with Gasteiger partial charge >= 0.3 is 5.97 Å². The van der Waals surface area contributed by atoms with Gasteiger partial charge in [0, 0.05) is 21.9 Å². The second-order valence-corrected chi connectivity index (χ2v) is 7.24. The Morgan fingerprint density at radius 1 is 1.19 bits per heavy atom.